The lowest BCUT2D eigenvalue weighted by atomic mass is 10.2. The molecule has 2 rings (SSSR count). The van der Waals surface area contributed by atoms with E-state index in [1.165, 1.54) is 22.5 Å². The third-order valence-electron chi connectivity index (χ3n) is 3.66. The number of aromatic hydroxyl groups is 1. The largest absolute Gasteiger partial charge is 0.506 e. The van der Waals surface area contributed by atoms with Gasteiger partial charge in [-0.1, -0.05) is 12.8 Å². The van der Waals surface area contributed by atoms with Crippen LogP contribution >= 0.6 is 0 Å². The van der Waals surface area contributed by atoms with E-state index in [1.54, 1.807) is 0 Å². The molecule has 6 nitrogen and oxygen atoms in total. The van der Waals surface area contributed by atoms with E-state index in [0.29, 0.717) is 0 Å². The highest BCUT2D eigenvalue weighted by Crippen LogP contribution is 2.30. The maximum atomic E-state index is 12.7. The lowest BCUT2D eigenvalue weighted by Gasteiger charge is -2.27. The molecule has 0 aliphatic heterocycles. The Labute approximate surface area is 118 Å². The van der Waals surface area contributed by atoms with E-state index in [4.69, 9.17) is 10.8 Å². The first-order valence-electron chi connectivity index (χ1n) is 6.68. The second kappa shape index (κ2) is 5.99. The van der Waals surface area contributed by atoms with Gasteiger partial charge in [0.25, 0.3) is 0 Å². The summed E-state index contributed by atoms with van der Waals surface area (Å²) in [6, 6.07) is 3.79. The maximum Gasteiger partial charge on any atom is 0.243 e. The SMILES string of the molecule is Nc1cc(S(=O)(=O)N(CCO)C2CCCC2)ccc1O. The lowest BCUT2D eigenvalue weighted by Crippen LogP contribution is -2.40. The average molecular weight is 300 g/mol. The summed E-state index contributed by atoms with van der Waals surface area (Å²) in [6.45, 7) is -0.142. The van der Waals surface area contributed by atoms with Crippen molar-refractivity contribution in [3.8, 4) is 5.75 Å². The molecule has 0 amide bonds. The summed E-state index contributed by atoms with van der Waals surface area (Å²) in [6.07, 6.45) is 3.62. The third kappa shape index (κ3) is 2.89. The molecule has 1 aromatic rings. The monoisotopic (exact) mass is 300 g/mol. The number of benzene rings is 1. The van der Waals surface area contributed by atoms with Crippen LogP contribution < -0.4 is 5.73 Å². The van der Waals surface area contributed by atoms with E-state index in [2.05, 4.69) is 0 Å². The van der Waals surface area contributed by atoms with Crippen LogP contribution in [-0.4, -0.2) is 42.1 Å². The first-order valence-corrected chi connectivity index (χ1v) is 8.12. The van der Waals surface area contributed by atoms with Crippen LogP contribution in [0.3, 0.4) is 0 Å². The van der Waals surface area contributed by atoms with E-state index < -0.39 is 10.0 Å². The second-order valence-corrected chi connectivity index (χ2v) is 6.89. The van der Waals surface area contributed by atoms with Crippen LogP contribution in [0.15, 0.2) is 23.1 Å². The standard InChI is InChI=1S/C13H20N2O4S/c14-12-9-11(5-6-13(12)17)20(18,19)15(7-8-16)10-3-1-2-4-10/h5-6,9-10,16-17H,1-4,7-8,14H2. The van der Waals surface area contributed by atoms with Crippen LogP contribution in [0, 0.1) is 0 Å². The molecule has 1 aliphatic carbocycles. The molecular formula is C13H20N2O4S. The van der Waals surface area contributed by atoms with Crippen molar-refractivity contribution in [2.75, 3.05) is 18.9 Å². The molecule has 0 heterocycles. The number of nitrogens with two attached hydrogens (primary N) is 1. The Morgan fingerprint density at radius 3 is 2.50 bits per heavy atom. The quantitative estimate of drug-likeness (QED) is 0.553. The molecule has 7 heteroatoms. The molecule has 0 unspecified atom stereocenters. The van der Waals surface area contributed by atoms with Crippen molar-refractivity contribution in [3.63, 3.8) is 0 Å². The summed E-state index contributed by atoms with van der Waals surface area (Å²) in [5.74, 6) is -0.140. The summed E-state index contributed by atoms with van der Waals surface area (Å²) in [5.41, 5.74) is 5.59. The molecule has 0 aromatic heterocycles. The van der Waals surface area contributed by atoms with Gasteiger partial charge >= 0.3 is 0 Å². The van der Waals surface area contributed by atoms with Crippen LogP contribution in [0.25, 0.3) is 0 Å². The highest BCUT2D eigenvalue weighted by molar-refractivity contribution is 7.89. The van der Waals surface area contributed by atoms with Gasteiger partial charge in [0.1, 0.15) is 5.75 Å². The molecule has 0 bridgehead atoms. The molecular weight excluding hydrogens is 280 g/mol. The van der Waals surface area contributed by atoms with E-state index in [1.807, 2.05) is 0 Å². The number of nitrogens with zero attached hydrogens (tertiary/aromatic N) is 1. The number of phenolic OH excluding ortho intramolecular Hbond substituents is 1. The molecule has 1 fully saturated rings. The number of aliphatic hydroxyl groups is 1. The summed E-state index contributed by atoms with van der Waals surface area (Å²) >= 11 is 0. The average Bonchev–Trinajstić information content (AvgIpc) is 2.92. The number of nitrogen functional groups attached to an aromatic ring is 1. The minimum absolute atomic E-state index is 0.0291. The molecule has 1 aliphatic rings. The van der Waals surface area contributed by atoms with Gasteiger partial charge in [-0.05, 0) is 31.0 Å². The number of hydrogen-bond donors (Lipinski definition) is 3. The van der Waals surface area contributed by atoms with Gasteiger partial charge in [-0.3, -0.25) is 0 Å². The first-order chi connectivity index (χ1) is 9.46. The summed E-state index contributed by atoms with van der Waals surface area (Å²) < 4.78 is 26.7. The number of aliphatic hydroxyl groups excluding tert-OH is 1. The zero-order valence-electron chi connectivity index (χ0n) is 11.2. The van der Waals surface area contributed by atoms with Gasteiger partial charge in [-0.2, -0.15) is 4.31 Å². The Morgan fingerprint density at radius 2 is 1.95 bits per heavy atom. The second-order valence-electron chi connectivity index (χ2n) is 5.00. The zero-order chi connectivity index (χ0) is 14.8. The highest BCUT2D eigenvalue weighted by Gasteiger charge is 2.33. The predicted molar refractivity (Wildman–Crippen MR) is 75.8 cm³/mol. The number of hydrogen-bond acceptors (Lipinski definition) is 5. The van der Waals surface area contributed by atoms with Crippen LogP contribution in [-0.2, 0) is 10.0 Å². The van der Waals surface area contributed by atoms with E-state index in [0.717, 1.165) is 25.7 Å². The number of rotatable bonds is 5. The minimum Gasteiger partial charge on any atom is -0.506 e. The lowest BCUT2D eigenvalue weighted by molar-refractivity contribution is 0.226. The Kier molecular flexibility index (Phi) is 4.52. The van der Waals surface area contributed by atoms with E-state index >= 15 is 0 Å². The van der Waals surface area contributed by atoms with Gasteiger partial charge in [-0.15, -0.1) is 0 Å². The van der Waals surface area contributed by atoms with Crippen molar-refractivity contribution < 1.29 is 18.6 Å². The normalized spacial score (nSPS) is 16.9. The van der Waals surface area contributed by atoms with Crippen molar-refractivity contribution >= 4 is 15.7 Å². The van der Waals surface area contributed by atoms with Crippen molar-refractivity contribution in [3.05, 3.63) is 18.2 Å². The molecule has 4 N–H and O–H groups in total. The Hall–Kier alpha value is -1.31. The van der Waals surface area contributed by atoms with Gasteiger partial charge in [0.2, 0.25) is 10.0 Å². The highest BCUT2D eigenvalue weighted by atomic mass is 32.2. The van der Waals surface area contributed by atoms with Crippen molar-refractivity contribution in [1.29, 1.82) is 0 Å². The number of phenols is 1. The minimum atomic E-state index is -3.70. The van der Waals surface area contributed by atoms with Crippen LogP contribution in [0.5, 0.6) is 5.75 Å². The van der Waals surface area contributed by atoms with Gasteiger partial charge in [0, 0.05) is 12.6 Å². The summed E-state index contributed by atoms with van der Waals surface area (Å²) in [5, 5.41) is 18.5. The van der Waals surface area contributed by atoms with Crippen molar-refractivity contribution in [1.82, 2.24) is 4.31 Å². The van der Waals surface area contributed by atoms with Crippen LogP contribution in [0.2, 0.25) is 0 Å². The Morgan fingerprint density at radius 1 is 1.30 bits per heavy atom. The van der Waals surface area contributed by atoms with E-state index in [-0.39, 0.29) is 35.5 Å². The molecule has 1 aromatic carbocycles. The molecule has 20 heavy (non-hydrogen) atoms. The fraction of sp³-hybridized carbons (Fsp3) is 0.538. The van der Waals surface area contributed by atoms with Crippen molar-refractivity contribution in [2.24, 2.45) is 0 Å². The molecule has 0 atom stereocenters. The van der Waals surface area contributed by atoms with Gasteiger partial charge in [-0.25, -0.2) is 8.42 Å². The molecule has 1 saturated carbocycles. The smallest absolute Gasteiger partial charge is 0.243 e. The van der Waals surface area contributed by atoms with Crippen molar-refractivity contribution in [2.45, 2.75) is 36.6 Å². The van der Waals surface area contributed by atoms with E-state index in [9.17, 15) is 13.5 Å². The van der Waals surface area contributed by atoms with Gasteiger partial charge < -0.3 is 15.9 Å². The topological polar surface area (TPSA) is 104 Å². The maximum absolute atomic E-state index is 12.7. The third-order valence-corrected chi connectivity index (χ3v) is 5.61. The predicted octanol–water partition coefficient (Wildman–Crippen LogP) is 0.900. The molecule has 0 saturated heterocycles. The number of anilines is 1. The van der Waals surface area contributed by atoms with Crippen LogP contribution in [0.4, 0.5) is 5.69 Å². The first kappa shape index (κ1) is 15.1. The van der Waals surface area contributed by atoms with Gasteiger partial charge in [0.15, 0.2) is 0 Å². The Bertz CT molecular complexity index is 568. The fourth-order valence-electron chi connectivity index (χ4n) is 2.62. The molecule has 112 valence electrons. The van der Waals surface area contributed by atoms with Crippen LogP contribution in [0.1, 0.15) is 25.7 Å². The fourth-order valence-corrected chi connectivity index (χ4v) is 4.33. The number of sulfonamides is 1. The zero-order valence-corrected chi connectivity index (χ0v) is 12.0. The summed E-state index contributed by atoms with van der Waals surface area (Å²) in [7, 11) is -3.70. The molecule has 0 radical (unpaired) electrons. The summed E-state index contributed by atoms with van der Waals surface area (Å²) in [4.78, 5) is 0.0492. The Balaban J connectivity index is 2.36. The van der Waals surface area contributed by atoms with Gasteiger partial charge in [0.05, 0.1) is 17.2 Å². The molecule has 0 spiro atoms.